The van der Waals surface area contributed by atoms with Crippen LogP contribution in [0, 0.1) is 12.3 Å². The molecule has 19 heavy (non-hydrogen) atoms. The van der Waals surface area contributed by atoms with Crippen molar-refractivity contribution in [2.24, 2.45) is 5.41 Å². The lowest BCUT2D eigenvalue weighted by Crippen LogP contribution is -2.30. The van der Waals surface area contributed by atoms with Gasteiger partial charge in [0.05, 0.1) is 0 Å². The van der Waals surface area contributed by atoms with Crippen LogP contribution in [-0.4, -0.2) is 26.2 Å². The van der Waals surface area contributed by atoms with Gasteiger partial charge in [0.1, 0.15) is 0 Å². The van der Waals surface area contributed by atoms with Gasteiger partial charge in [0, 0.05) is 31.5 Å². The second-order valence-electron chi connectivity index (χ2n) is 5.56. The summed E-state index contributed by atoms with van der Waals surface area (Å²) in [5.41, 5.74) is 8.30. The van der Waals surface area contributed by atoms with Gasteiger partial charge in [-0.1, -0.05) is 0 Å². The monoisotopic (exact) mass is 262 g/mol. The summed E-state index contributed by atoms with van der Waals surface area (Å²) in [5.74, 6) is -0.0425. The summed E-state index contributed by atoms with van der Waals surface area (Å²) in [6, 6.07) is 5.44. The lowest BCUT2D eigenvalue weighted by molar-refractivity contribution is 0.0938. The second-order valence-corrected chi connectivity index (χ2v) is 5.56. The van der Waals surface area contributed by atoms with E-state index in [4.69, 9.17) is 10.5 Å². The van der Waals surface area contributed by atoms with E-state index in [0.29, 0.717) is 11.3 Å². The maximum absolute atomic E-state index is 12.1. The molecule has 1 aliphatic carbocycles. The largest absolute Gasteiger partial charge is 0.399 e. The first-order chi connectivity index (χ1) is 9.04. The molecule has 0 atom stereocenters. The summed E-state index contributed by atoms with van der Waals surface area (Å²) in [7, 11) is 1.71. The molecule has 0 heterocycles. The lowest BCUT2D eigenvalue weighted by atomic mass is 10.0. The fourth-order valence-corrected chi connectivity index (χ4v) is 2.32. The highest BCUT2D eigenvalue weighted by atomic mass is 16.5. The Morgan fingerprint density at radius 3 is 2.74 bits per heavy atom. The van der Waals surface area contributed by atoms with Crippen LogP contribution >= 0.6 is 0 Å². The van der Waals surface area contributed by atoms with Gasteiger partial charge in [0.15, 0.2) is 0 Å². The van der Waals surface area contributed by atoms with Crippen LogP contribution in [0.4, 0.5) is 5.69 Å². The van der Waals surface area contributed by atoms with Gasteiger partial charge in [-0.15, -0.1) is 0 Å². The number of nitrogens with two attached hydrogens (primary N) is 1. The first-order valence-electron chi connectivity index (χ1n) is 6.69. The number of rotatable bonds is 6. The number of carbonyl (C=O) groups is 1. The Hall–Kier alpha value is -1.55. The average Bonchev–Trinajstić information content (AvgIpc) is 3.13. The van der Waals surface area contributed by atoms with E-state index in [9.17, 15) is 4.79 Å². The number of benzene rings is 1. The Morgan fingerprint density at radius 2 is 2.16 bits per heavy atom. The number of ether oxygens (including phenoxy) is 1. The van der Waals surface area contributed by atoms with Crippen molar-refractivity contribution in [3.05, 3.63) is 29.3 Å². The number of nitrogens with one attached hydrogen (secondary N) is 1. The minimum atomic E-state index is -0.0425. The second kappa shape index (κ2) is 5.61. The van der Waals surface area contributed by atoms with Gasteiger partial charge in [-0.05, 0) is 55.4 Å². The van der Waals surface area contributed by atoms with E-state index in [0.717, 1.165) is 25.1 Å². The standard InChI is InChI=1S/C15H22N2O2/c1-11-7-12(9-13(16)8-11)14(18)17-10-15(3-4-15)5-6-19-2/h7-9H,3-6,10,16H2,1-2H3,(H,17,18). The van der Waals surface area contributed by atoms with E-state index in [2.05, 4.69) is 5.32 Å². The third-order valence-corrected chi connectivity index (χ3v) is 3.78. The smallest absolute Gasteiger partial charge is 0.251 e. The number of methoxy groups -OCH3 is 1. The number of hydrogen-bond donors (Lipinski definition) is 2. The number of nitrogen functional groups attached to an aromatic ring is 1. The van der Waals surface area contributed by atoms with Crippen LogP contribution in [0.2, 0.25) is 0 Å². The predicted molar refractivity (Wildman–Crippen MR) is 76.1 cm³/mol. The summed E-state index contributed by atoms with van der Waals surface area (Å²) in [6.45, 7) is 3.42. The number of carbonyl (C=O) groups excluding carboxylic acids is 1. The van der Waals surface area contributed by atoms with Crippen molar-refractivity contribution in [1.29, 1.82) is 0 Å². The number of anilines is 1. The molecule has 1 amide bonds. The number of amides is 1. The molecule has 1 aromatic carbocycles. The molecule has 0 bridgehead atoms. The Morgan fingerprint density at radius 1 is 1.42 bits per heavy atom. The van der Waals surface area contributed by atoms with E-state index < -0.39 is 0 Å². The van der Waals surface area contributed by atoms with Crippen LogP contribution < -0.4 is 11.1 Å². The molecule has 1 aromatic rings. The van der Waals surface area contributed by atoms with Crippen molar-refractivity contribution in [3.63, 3.8) is 0 Å². The highest BCUT2D eigenvalue weighted by molar-refractivity contribution is 5.95. The van der Waals surface area contributed by atoms with E-state index in [1.165, 1.54) is 12.8 Å². The Labute approximate surface area is 114 Å². The first kappa shape index (κ1) is 13.9. The molecule has 4 nitrogen and oxygen atoms in total. The van der Waals surface area contributed by atoms with Crippen molar-refractivity contribution >= 4 is 11.6 Å². The number of aryl methyl sites for hydroxylation is 1. The maximum atomic E-state index is 12.1. The molecule has 104 valence electrons. The van der Waals surface area contributed by atoms with Crippen molar-refractivity contribution < 1.29 is 9.53 Å². The van der Waals surface area contributed by atoms with E-state index in [1.54, 1.807) is 13.2 Å². The molecule has 0 spiro atoms. The molecule has 0 aromatic heterocycles. The fourth-order valence-electron chi connectivity index (χ4n) is 2.32. The van der Waals surface area contributed by atoms with E-state index >= 15 is 0 Å². The summed E-state index contributed by atoms with van der Waals surface area (Å²) >= 11 is 0. The summed E-state index contributed by atoms with van der Waals surface area (Å²) in [4.78, 5) is 12.1. The van der Waals surface area contributed by atoms with Crippen molar-refractivity contribution in [2.45, 2.75) is 26.2 Å². The van der Waals surface area contributed by atoms with Crippen LogP contribution in [0.1, 0.15) is 35.2 Å². The molecule has 1 aliphatic rings. The fraction of sp³-hybridized carbons (Fsp3) is 0.533. The minimum Gasteiger partial charge on any atom is -0.399 e. The zero-order valence-electron chi connectivity index (χ0n) is 11.7. The summed E-state index contributed by atoms with van der Waals surface area (Å²) in [5, 5.41) is 3.02. The summed E-state index contributed by atoms with van der Waals surface area (Å²) < 4.78 is 5.11. The maximum Gasteiger partial charge on any atom is 0.251 e. The Balaban J connectivity index is 1.91. The zero-order valence-corrected chi connectivity index (χ0v) is 11.7. The molecule has 0 saturated heterocycles. The molecule has 1 fully saturated rings. The molecule has 0 unspecified atom stereocenters. The van der Waals surface area contributed by atoms with Crippen molar-refractivity contribution in [2.75, 3.05) is 26.0 Å². The zero-order chi connectivity index (χ0) is 13.9. The van der Waals surface area contributed by atoms with Crippen LogP contribution in [0.3, 0.4) is 0 Å². The molecule has 3 N–H and O–H groups in total. The quantitative estimate of drug-likeness (QED) is 0.772. The highest BCUT2D eigenvalue weighted by Crippen LogP contribution is 2.48. The molecular weight excluding hydrogens is 240 g/mol. The molecule has 0 radical (unpaired) electrons. The van der Waals surface area contributed by atoms with Crippen LogP contribution in [0.15, 0.2) is 18.2 Å². The molecule has 0 aliphatic heterocycles. The van der Waals surface area contributed by atoms with Crippen LogP contribution in [0.25, 0.3) is 0 Å². The third kappa shape index (κ3) is 3.70. The topological polar surface area (TPSA) is 64.3 Å². The Kier molecular flexibility index (Phi) is 4.10. The number of hydrogen-bond acceptors (Lipinski definition) is 3. The van der Waals surface area contributed by atoms with Gasteiger partial charge in [-0.25, -0.2) is 0 Å². The minimum absolute atomic E-state index is 0.0425. The van der Waals surface area contributed by atoms with Gasteiger partial charge in [0.2, 0.25) is 0 Å². The van der Waals surface area contributed by atoms with Gasteiger partial charge in [-0.2, -0.15) is 0 Å². The van der Waals surface area contributed by atoms with Gasteiger partial charge < -0.3 is 15.8 Å². The predicted octanol–water partition coefficient (Wildman–Crippen LogP) is 2.12. The van der Waals surface area contributed by atoms with Crippen molar-refractivity contribution in [3.8, 4) is 0 Å². The molecule has 4 heteroatoms. The van der Waals surface area contributed by atoms with E-state index in [-0.39, 0.29) is 11.3 Å². The normalized spacial score (nSPS) is 16.1. The van der Waals surface area contributed by atoms with Gasteiger partial charge in [0.25, 0.3) is 5.91 Å². The average molecular weight is 262 g/mol. The lowest BCUT2D eigenvalue weighted by Gasteiger charge is -2.15. The van der Waals surface area contributed by atoms with Gasteiger partial charge >= 0.3 is 0 Å². The molecular formula is C15H22N2O2. The third-order valence-electron chi connectivity index (χ3n) is 3.78. The first-order valence-corrected chi connectivity index (χ1v) is 6.69. The van der Waals surface area contributed by atoms with Crippen molar-refractivity contribution in [1.82, 2.24) is 5.32 Å². The van der Waals surface area contributed by atoms with Crippen LogP contribution in [-0.2, 0) is 4.74 Å². The Bertz CT molecular complexity index is 447. The highest BCUT2D eigenvalue weighted by Gasteiger charge is 2.42. The SMILES string of the molecule is COCCC1(CNC(=O)c2cc(C)cc(N)c2)CC1. The molecule has 1 saturated carbocycles. The summed E-state index contributed by atoms with van der Waals surface area (Å²) in [6.07, 6.45) is 3.36. The molecule has 2 rings (SSSR count). The van der Waals surface area contributed by atoms with Gasteiger partial charge in [-0.3, -0.25) is 4.79 Å². The van der Waals surface area contributed by atoms with E-state index in [1.807, 2.05) is 19.1 Å². The van der Waals surface area contributed by atoms with Crippen LogP contribution in [0.5, 0.6) is 0 Å².